The van der Waals surface area contributed by atoms with E-state index in [0.29, 0.717) is 11.3 Å². The highest BCUT2D eigenvalue weighted by Gasteiger charge is 2.31. The minimum Gasteiger partial charge on any atom is -0.484 e. The summed E-state index contributed by atoms with van der Waals surface area (Å²) in [4.78, 5) is 4.04. The molecular weight excluding hydrogens is 392 g/mol. The van der Waals surface area contributed by atoms with Crippen LogP contribution in [-0.2, 0) is 6.54 Å². The Kier molecular flexibility index (Phi) is 6.60. The summed E-state index contributed by atoms with van der Waals surface area (Å²) in [5.41, 5.74) is 6.76. The number of hydrogen-bond donors (Lipinski definition) is 2. The third-order valence-electron chi connectivity index (χ3n) is 3.12. The van der Waals surface area contributed by atoms with Crippen LogP contribution in [-0.4, -0.2) is 25.1 Å². The van der Waals surface area contributed by atoms with Crippen LogP contribution >= 0.6 is 0 Å². The quantitative estimate of drug-likeness (QED) is 0.422. The highest BCUT2D eigenvalue weighted by atomic mass is 19.4. The van der Waals surface area contributed by atoms with Crippen molar-refractivity contribution in [3.8, 4) is 11.5 Å². The number of rotatable bonds is 6. The van der Waals surface area contributed by atoms with Gasteiger partial charge in [-0.05, 0) is 42.0 Å². The number of halogens is 6. The number of guanidine groups is 1. The highest BCUT2D eigenvalue weighted by Crippen LogP contribution is 2.24. The van der Waals surface area contributed by atoms with Crippen molar-refractivity contribution in [3.05, 3.63) is 54.1 Å². The third-order valence-corrected chi connectivity index (χ3v) is 3.12. The van der Waals surface area contributed by atoms with E-state index in [1.807, 2.05) is 0 Å². The van der Waals surface area contributed by atoms with Gasteiger partial charge in [0.15, 0.2) is 12.6 Å². The van der Waals surface area contributed by atoms with Crippen LogP contribution in [0.2, 0.25) is 0 Å². The van der Waals surface area contributed by atoms with Crippen LogP contribution in [0.4, 0.5) is 32.0 Å². The summed E-state index contributed by atoms with van der Waals surface area (Å²) < 4.78 is 80.9. The van der Waals surface area contributed by atoms with E-state index in [9.17, 15) is 26.3 Å². The minimum absolute atomic E-state index is 0.00175. The molecule has 0 atom stereocenters. The zero-order valence-electron chi connectivity index (χ0n) is 14.1. The van der Waals surface area contributed by atoms with Crippen LogP contribution in [0.1, 0.15) is 5.56 Å². The molecule has 5 nitrogen and oxygen atoms in total. The Labute approximate surface area is 155 Å². The normalized spacial score (nSPS) is 12.6. The van der Waals surface area contributed by atoms with Crippen molar-refractivity contribution >= 4 is 11.6 Å². The Hall–Kier alpha value is -3.11. The van der Waals surface area contributed by atoms with Crippen molar-refractivity contribution in [1.82, 2.24) is 0 Å². The van der Waals surface area contributed by atoms with Gasteiger partial charge in [0.2, 0.25) is 0 Å². The lowest BCUT2D eigenvalue weighted by Crippen LogP contribution is -2.22. The number of ether oxygens (including phenoxy) is 2. The molecule has 0 saturated heterocycles. The molecule has 2 aromatic carbocycles. The second kappa shape index (κ2) is 8.72. The molecule has 0 saturated carbocycles. The molecule has 0 heterocycles. The van der Waals surface area contributed by atoms with Crippen molar-refractivity contribution in [2.75, 3.05) is 11.9 Å². The molecule has 0 bridgehead atoms. The predicted octanol–water partition coefficient (Wildman–Crippen LogP) is 4.45. The van der Waals surface area contributed by atoms with E-state index in [2.05, 4.69) is 19.8 Å². The highest BCUT2D eigenvalue weighted by molar-refractivity contribution is 5.92. The van der Waals surface area contributed by atoms with Crippen molar-refractivity contribution in [3.63, 3.8) is 0 Å². The molecule has 28 heavy (non-hydrogen) atoms. The van der Waals surface area contributed by atoms with Gasteiger partial charge in [-0.2, -0.15) is 13.2 Å². The summed E-state index contributed by atoms with van der Waals surface area (Å²) in [6.45, 7) is -1.25. The summed E-state index contributed by atoms with van der Waals surface area (Å²) in [5, 5.41) is 2.69. The minimum atomic E-state index is -4.78. The van der Waals surface area contributed by atoms with Gasteiger partial charge in [0.05, 0.1) is 6.54 Å². The maximum absolute atomic E-state index is 12.1. The van der Waals surface area contributed by atoms with Crippen LogP contribution in [0.5, 0.6) is 11.5 Å². The van der Waals surface area contributed by atoms with Gasteiger partial charge >= 0.3 is 12.5 Å². The van der Waals surface area contributed by atoms with Gasteiger partial charge in [0.1, 0.15) is 11.5 Å². The van der Waals surface area contributed by atoms with Gasteiger partial charge in [-0.25, -0.2) is 4.99 Å². The largest absolute Gasteiger partial charge is 0.573 e. The predicted molar refractivity (Wildman–Crippen MR) is 90.1 cm³/mol. The standard InChI is InChI=1S/C17H15F6N3O2/c18-16(19,20)10-27-13-5-1-11(2-6-13)9-25-15(24)26-12-3-7-14(8-4-12)28-17(21,22)23/h1-8H,9-10H2,(H3,24,25,26). The second-order valence-electron chi connectivity index (χ2n) is 5.45. The van der Waals surface area contributed by atoms with Crippen LogP contribution in [0.25, 0.3) is 0 Å². The molecule has 0 aliphatic carbocycles. The number of anilines is 1. The van der Waals surface area contributed by atoms with E-state index in [0.717, 1.165) is 12.1 Å². The van der Waals surface area contributed by atoms with Gasteiger partial charge in [-0.3, -0.25) is 0 Å². The summed E-state index contributed by atoms with van der Waals surface area (Å²) in [5.74, 6) is -0.305. The first kappa shape index (κ1) is 21.2. The fraction of sp³-hybridized carbons (Fsp3) is 0.235. The Balaban J connectivity index is 1.86. The number of alkyl halides is 6. The molecule has 11 heteroatoms. The Morgan fingerprint density at radius 3 is 2.00 bits per heavy atom. The summed E-state index contributed by atoms with van der Waals surface area (Å²) in [7, 11) is 0. The lowest BCUT2D eigenvalue weighted by atomic mass is 10.2. The number of nitrogens with two attached hydrogens (primary N) is 1. The number of nitrogens with one attached hydrogen (secondary N) is 1. The van der Waals surface area contributed by atoms with E-state index in [-0.39, 0.29) is 24.0 Å². The van der Waals surface area contributed by atoms with Gasteiger partial charge in [0, 0.05) is 5.69 Å². The Bertz CT molecular complexity index is 787. The van der Waals surface area contributed by atoms with Gasteiger partial charge < -0.3 is 20.5 Å². The first-order valence-electron chi connectivity index (χ1n) is 7.71. The molecule has 0 spiro atoms. The molecule has 0 aliphatic rings. The van der Waals surface area contributed by atoms with Crippen LogP contribution in [0, 0.1) is 0 Å². The molecule has 0 amide bonds. The fourth-order valence-electron chi connectivity index (χ4n) is 1.96. The third kappa shape index (κ3) is 8.06. The summed E-state index contributed by atoms with van der Waals surface area (Å²) >= 11 is 0. The lowest BCUT2D eigenvalue weighted by molar-refractivity contribution is -0.274. The fourth-order valence-corrected chi connectivity index (χ4v) is 1.96. The lowest BCUT2D eigenvalue weighted by Gasteiger charge is -2.10. The SMILES string of the molecule is NC(=NCc1ccc(OCC(F)(F)F)cc1)Nc1ccc(OC(F)(F)F)cc1. The average Bonchev–Trinajstić information content (AvgIpc) is 2.59. The number of aliphatic imine (C=N–C) groups is 1. The summed E-state index contributed by atoms with van der Waals surface area (Å²) in [6, 6.07) is 10.7. The maximum Gasteiger partial charge on any atom is 0.573 e. The number of nitrogens with zero attached hydrogens (tertiary/aromatic N) is 1. The van der Waals surface area contributed by atoms with Crippen molar-refractivity contribution in [1.29, 1.82) is 0 Å². The molecule has 152 valence electrons. The molecule has 0 aliphatic heterocycles. The molecule has 3 N–H and O–H groups in total. The van der Waals surface area contributed by atoms with Crippen molar-refractivity contribution < 1.29 is 35.8 Å². The first-order chi connectivity index (χ1) is 13.0. The van der Waals surface area contributed by atoms with Crippen LogP contribution in [0.3, 0.4) is 0 Å². The van der Waals surface area contributed by atoms with Gasteiger partial charge in [-0.1, -0.05) is 12.1 Å². The molecule has 0 aromatic heterocycles. The van der Waals surface area contributed by atoms with E-state index >= 15 is 0 Å². The van der Waals surface area contributed by atoms with Gasteiger partial charge in [0.25, 0.3) is 0 Å². The average molecular weight is 407 g/mol. The Morgan fingerprint density at radius 1 is 0.893 bits per heavy atom. The Morgan fingerprint density at radius 2 is 1.46 bits per heavy atom. The smallest absolute Gasteiger partial charge is 0.484 e. The van der Waals surface area contributed by atoms with Crippen LogP contribution in [0.15, 0.2) is 53.5 Å². The molecule has 0 unspecified atom stereocenters. The van der Waals surface area contributed by atoms with Crippen molar-refractivity contribution in [2.24, 2.45) is 10.7 Å². The van der Waals surface area contributed by atoms with E-state index in [1.165, 1.54) is 36.4 Å². The summed E-state index contributed by atoms with van der Waals surface area (Å²) in [6.07, 6.45) is -9.19. The molecule has 0 fully saturated rings. The number of benzene rings is 2. The maximum atomic E-state index is 12.1. The first-order valence-corrected chi connectivity index (χ1v) is 7.71. The van der Waals surface area contributed by atoms with Gasteiger partial charge in [-0.15, -0.1) is 13.2 Å². The molecule has 0 radical (unpaired) electrons. The molecular formula is C17H15F6N3O2. The van der Waals surface area contributed by atoms with Crippen molar-refractivity contribution in [2.45, 2.75) is 19.1 Å². The monoisotopic (exact) mass is 407 g/mol. The second-order valence-corrected chi connectivity index (χ2v) is 5.45. The topological polar surface area (TPSA) is 68.9 Å². The zero-order valence-corrected chi connectivity index (χ0v) is 14.1. The van der Waals surface area contributed by atoms with E-state index < -0.39 is 19.1 Å². The number of hydrogen-bond acceptors (Lipinski definition) is 3. The molecule has 2 aromatic rings. The van der Waals surface area contributed by atoms with E-state index in [4.69, 9.17) is 5.73 Å². The molecule has 2 rings (SSSR count). The van der Waals surface area contributed by atoms with Crippen LogP contribution < -0.4 is 20.5 Å². The van der Waals surface area contributed by atoms with E-state index in [1.54, 1.807) is 0 Å². The zero-order chi connectivity index (χ0) is 20.8.